The van der Waals surface area contributed by atoms with Crippen LogP contribution in [0.3, 0.4) is 0 Å². The fourth-order valence-corrected chi connectivity index (χ4v) is 3.55. The van der Waals surface area contributed by atoms with Crippen LogP contribution in [0.25, 0.3) is 16.7 Å². The van der Waals surface area contributed by atoms with Crippen LogP contribution in [0.4, 0.5) is 5.69 Å². The lowest BCUT2D eigenvalue weighted by Gasteiger charge is -2.05. The molecule has 0 spiro atoms. The summed E-state index contributed by atoms with van der Waals surface area (Å²) < 4.78 is 0. The van der Waals surface area contributed by atoms with Crippen molar-refractivity contribution in [1.29, 1.82) is 0 Å². The maximum Gasteiger partial charge on any atom is 0.0753 e. The third-order valence-corrected chi connectivity index (χ3v) is 4.67. The Kier molecular flexibility index (Phi) is 2.47. The van der Waals surface area contributed by atoms with Gasteiger partial charge in [0.15, 0.2) is 0 Å². The molecule has 0 radical (unpaired) electrons. The summed E-state index contributed by atoms with van der Waals surface area (Å²) in [6.45, 7) is 8.66. The molecule has 2 nitrogen and oxygen atoms in total. The summed E-state index contributed by atoms with van der Waals surface area (Å²) in [6, 6.07) is 8.62. The van der Waals surface area contributed by atoms with Gasteiger partial charge in [0.2, 0.25) is 0 Å². The van der Waals surface area contributed by atoms with Crippen molar-refractivity contribution in [1.82, 2.24) is 0 Å². The lowest BCUT2D eigenvalue weighted by Crippen LogP contribution is -2.18. The van der Waals surface area contributed by atoms with Gasteiger partial charge in [-0.3, -0.25) is 4.99 Å². The number of para-hydroxylation sites is 1. The van der Waals surface area contributed by atoms with Crippen LogP contribution in [-0.2, 0) is 0 Å². The zero-order chi connectivity index (χ0) is 14.7. The van der Waals surface area contributed by atoms with Crippen LogP contribution in [0.5, 0.6) is 0 Å². The second kappa shape index (κ2) is 4.14. The quantitative estimate of drug-likeness (QED) is 0.640. The van der Waals surface area contributed by atoms with Crippen LogP contribution in [0.15, 0.2) is 39.9 Å². The van der Waals surface area contributed by atoms with E-state index in [1.165, 1.54) is 39.1 Å². The number of allylic oxidation sites excluding steroid dienone is 2. The third-order valence-electron chi connectivity index (χ3n) is 4.67. The Balaban J connectivity index is 2.10. The summed E-state index contributed by atoms with van der Waals surface area (Å²) in [4.78, 5) is 9.74. The van der Waals surface area contributed by atoms with E-state index in [1.807, 2.05) is 0 Å². The highest BCUT2D eigenvalue weighted by Crippen LogP contribution is 2.36. The highest BCUT2D eigenvalue weighted by Gasteiger charge is 2.22. The number of rotatable bonds is 1. The Morgan fingerprint density at radius 1 is 1.00 bits per heavy atom. The summed E-state index contributed by atoms with van der Waals surface area (Å²) in [7, 11) is 0. The van der Waals surface area contributed by atoms with E-state index in [0.717, 1.165) is 22.8 Å². The number of hydrogen-bond donors (Lipinski definition) is 0. The summed E-state index contributed by atoms with van der Waals surface area (Å²) in [5.41, 5.74) is 9.92. The van der Waals surface area contributed by atoms with Crippen molar-refractivity contribution in [3.63, 3.8) is 0 Å². The van der Waals surface area contributed by atoms with Crippen molar-refractivity contribution in [3.05, 3.63) is 57.4 Å². The van der Waals surface area contributed by atoms with E-state index in [9.17, 15) is 0 Å². The van der Waals surface area contributed by atoms with Crippen LogP contribution in [0.2, 0.25) is 0 Å². The van der Waals surface area contributed by atoms with Gasteiger partial charge in [-0.15, -0.1) is 0 Å². The molecule has 2 aliphatic rings. The smallest absolute Gasteiger partial charge is 0.0753 e. The van der Waals surface area contributed by atoms with E-state index in [1.54, 1.807) is 0 Å². The molecule has 0 unspecified atom stereocenters. The number of hydrogen-bond acceptors (Lipinski definition) is 2. The molecular formula is C19H18N2. The Bertz CT molecular complexity index is 947. The molecule has 4 rings (SSSR count). The van der Waals surface area contributed by atoms with Gasteiger partial charge in [0.25, 0.3) is 0 Å². The maximum atomic E-state index is 4.91. The van der Waals surface area contributed by atoms with E-state index in [4.69, 9.17) is 9.98 Å². The normalized spacial score (nSPS) is 14.5. The highest BCUT2D eigenvalue weighted by molar-refractivity contribution is 5.84. The molecule has 0 N–H and O–H groups in total. The monoisotopic (exact) mass is 274 g/mol. The van der Waals surface area contributed by atoms with Gasteiger partial charge in [-0.2, -0.15) is 0 Å². The lowest BCUT2D eigenvalue weighted by atomic mass is 9.95. The van der Waals surface area contributed by atoms with Crippen molar-refractivity contribution in [2.45, 2.75) is 34.1 Å². The SMILES string of the molecule is CCC1=C(C)c2c(C)c3c(cc2=N1)-c1cccc(C)c1N=3. The third kappa shape index (κ3) is 1.53. The second-order valence-corrected chi connectivity index (χ2v) is 5.91. The van der Waals surface area contributed by atoms with Gasteiger partial charge in [-0.1, -0.05) is 25.1 Å². The van der Waals surface area contributed by atoms with Crippen molar-refractivity contribution < 1.29 is 0 Å². The lowest BCUT2D eigenvalue weighted by molar-refractivity contribution is 1.06. The second-order valence-electron chi connectivity index (χ2n) is 5.91. The largest absolute Gasteiger partial charge is 0.253 e. The van der Waals surface area contributed by atoms with Crippen molar-refractivity contribution in [2.24, 2.45) is 9.98 Å². The molecule has 0 fully saturated rings. The molecule has 0 aromatic heterocycles. The molecule has 2 aromatic rings. The van der Waals surface area contributed by atoms with Crippen LogP contribution in [0.1, 0.15) is 37.0 Å². The molecule has 0 aliphatic carbocycles. The van der Waals surface area contributed by atoms with Crippen molar-refractivity contribution in [3.8, 4) is 11.1 Å². The minimum Gasteiger partial charge on any atom is -0.253 e. The summed E-state index contributed by atoms with van der Waals surface area (Å²) >= 11 is 0. The first-order valence-corrected chi connectivity index (χ1v) is 7.53. The van der Waals surface area contributed by atoms with Crippen molar-refractivity contribution in [2.75, 3.05) is 0 Å². The van der Waals surface area contributed by atoms with E-state index < -0.39 is 0 Å². The zero-order valence-electron chi connectivity index (χ0n) is 12.9. The average molecular weight is 274 g/mol. The Morgan fingerprint density at radius 3 is 2.57 bits per heavy atom. The highest BCUT2D eigenvalue weighted by atomic mass is 14.8. The van der Waals surface area contributed by atoms with E-state index in [0.29, 0.717) is 0 Å². The van der Waals surface area contributed by atoms with Gasteiger partial charge >= 0.3 is 0 Å². The topological polar surface area (TPSA) is 24.7 Å². The molecular weight excluding hydrogens is 256 g/mol. The molecule has 0 saturated carbocycles. The molecule has 2 heteroatoms. The number of fused-ring (bicyclic) bond motifs is 4. The summed E-state index contributed by atoms with van der Waals surface area (Å²) in [5.74, 6) is 0. The Labute approximate surface area is 124 Å². The van der Waals surface area contributed by atoms with Gasteiger partial charge in [0, 0.05) is 22.4 Å². The van der Waals surface area contributed by atoms with Crippen molar-refractivity contribution >= 4 is 11.3 Å². The minimum absolute atomic E-state index is 0.984. The number of benzene rings is 2. The average Bonchev–Trinajstić information content (AvgIpc) is 2.99. The van der Waals surface area contributed by atoms with Crippen LogP contribution < -0.4 is 10.7 Å². The van der Waals surface area contributed by atoms with E-state index in [2.05, 4.69) is 52.0 Å². The molecule has 0 saturated heterocycles. The van der Waals surface area contributed by atoms with Gasteiger partial charge in [-0.25, -0.2) is 4.99 Å². The molecule has 2 aromatic carbocycles. The fourth-order valence-electron chi connectivity index (χ4n) is 3.55. The first kappa shape index (κ1) is 12.5. The van der Waals surface area contributed by atoms with Crippen LogP contribution >= 0.6 is 0 Å². The van der Waals surface area contributed by atoms with Gasteiger partial charge in [0.05, 0.1) is 16.4 Å². The number of nitrogens with zero attached hydrogens (tertiary/aromatic N) is 2. The molecule has 21 heavy (non-hydrogen) atoms. The van der Waals surface area contributed by atoms with Gasteiger partial charge in [-0.05, 0) is 50.0 Å². The summed E-state index contributed by atoms with van der Waals surface area (Å²) in [5, 5.41) is 2.25. The Hall–Kier alpha value is -2.22. The first-order chi connectivity index (χ1) is 10.1. The molecule has 2 aliphatic heterocycles. The predicted molar refractivity (Wildman–Crippen MR) is 86.2 cm³/mol. The number of aryl methyl sites for hydroxylation is 1. The van der Waals surface area contributed by atoms with E-state index in [-0.39, 0.29) is 0 Å². The molecule has 2 heterocycles. The standard InChI is InChI=1S/C19H18N2/c1-5-15-11(3)17-12(4)19-14(9-16(17)20-15)13-8-6-7-10(2)18(13)21-19/h6-9H,5H2,1-4H3. The minimum atomic E-state index is 0.984. The molecule has 104 valence electrons. The van der Waals surface area contributed by atoms with E-state index >= 15 is 0 Å². The van der Waals surface area contributed by atoms with Gasteiger partial charge < -0.3 is 0 Å². The fraction of sp³-hybridized carbons (Fsp3) is 0.263. The van der Waals surface area contributed by atoms with Gasteiger partial charge in [0.1, 0.15) is 0 Å². The first-order valence-electron chi connectivity index (χ1n) is 7.53. The maximum absolute atomic E-state index is 4.91. The molecule has 0 amide bonds. The molecule has 0 atom stereocenters. The zero-order valence-corrected chi connectivity index (χ0v) is 12.9. The predicted octanol–water partition coefficient (Wildman–Crippen LogP) is 4.01. The van der Waals surface area contributed by atoms with Crippen LogP contribution in [0, 0.1) is 13.8 Å². The summed E-state index contributed by atoms with van der Waals surface area (Å²) in [6.07, 6.45) is 0.984. The molecule has 0 bridgehead atoms. The van der Waals surface area contributed by atoms with Crippen LogP contribution in [-0.4, -0.2) is 0 Å². The Morgan fingerprint density at radius 2 is 1.81 bits per heavy atom.